The lowest BCUT2D eigenvalue weighted by Gasteiger charge is -2.38. The predicted octanol–water partition coefficient (Wildman–Crippen LogP) is 3.94. The van der Waals surface area contributed by atoms with Crippen LogP contribution in [0.3, 0.4) is 0 Å². The van der Waals surface area contributed by atoms with Crippen molar-refractivity contribution < 1.29 is 18.8 Å². The minimum atomic E-state index is -1.81. The van der Waals surface area contributed by atoms with Gasteiger partial charge in [0.05, 0.1) is 0 Å². The third-order valence-electron chi connectivity index (χ3n) is 4.25. The molecule has 5 heteroatoms. The Balaban J connectivity index is 2.00. The molecule has 0 saturated carbocycles. The number of hydrogen-bond donors (Lipinski definition) is 0. The van der Waals surface area contributed by atoms with Crippen LogP contribution in [-0.2, 0) is 9.16 Å². The number of carbonyl (C=O) groups is 2. The lowest BCUT2D eigenvalue weighted by atomic mass is 9.81. The van der Waals surface area contributed by atoms with Crippen molar-refractivity contribution in [3.05, 3.63) is 46.7 Å². The first-order valence-electron chi connectivity index (χ1n) is 8.08. The molecule has 1 aromatic rings. The summed E-state index contributed by atoms with van der Waals surface area (Å²) in [4.78, 5) is 25.5. The molecular formula is C18H22O4Si. The molecular weight excluding hydrogens is 308 g/mol. The van der Waals surface area contributed by atoms with Crippen LogP contribution in [0.1, 0.15) is 40.5 Å². The lowest BCUT2D eigenvalue weighted by molar-refractivity contribution is -0.0990. The molecule has 0 radical (unpaired) electrons. The fourth-order valence-electron chi connectivity index (χ4n) is 3.09. The van der Waals surface area contributed by atoms with E-state index in [1.54, 1.807) is 24.3 Å². The van der Waals surface area contributed by atoms with Crippen molar-refractivity contribution in [3.8, 4) is 0 Å². The largest absolute Gasteiger partial charge is 0.461 e. The van der Waals surface area contributed by atoms with Crippen molar-refractivity contribution >= 4 is 19.9 Å². The molecule has 1 heterocycles. The smallest absolute Gasteiger partial charge is 0.228 e. The number of allylic oxidation sites excluding steroid dienone is 2. The van der Waals surface area contributed by atoms with Gasteiger partial charge in [-0.1, -0.05) is 31.2 Å². The third kappa shape index (κ3) is 2.91. The first-order chi connectivity index (χ1) is 10.8. The molecule has 0 aromatic heterocycles. The summed E-state index contributed by atoms with van der Waals surface area (Å²) < 4.78 is 12.1. The van der Waals surface area contributed by atoms with Crippen molar-refractivity contribution in [2.45, 2.75) is 45.7 Å². The average Bonchev–Trinajstić information content (AvgIpc) is 2.50. The molecule has 2 atom stereocenters. The van der Waals surface area contributed by atoms with Crippen molar-refractivity contribution in [2.24, 2.45) is 5.92 Å². The number of Topliss-reactive ketones (excluding diaryl/α,β-unsaturated/α-hetero) is 2. The molecule has 1 aliphatic carbocycles. The summed E-state index contributed by atoms with van der Waals surface area (Å²) in [5, 5.41) is 0. The van der Waals surface area contributed by atoms with E-state index in [2.05, 4.69) is 26.6 Å². The lowest BCUT2D eigenvalue weighted by Crippen LogP contribution is -2.42. The molecule has 0 fully saturated rings. The molecule has 0 bridgehead atoms. The maximum Gasteiger partial charge on any atom is 0.228 e. The molecule has 1 aliphatic heterocycles. The second-order valence-corrected chi connectivity index (χ2v) is 11.6. The highest BCUT2D eigenvalue weighted by Crippen LogP contribution is 2.39. The second-order valence-electron chi connectivity index (χ2n) is 7.10. The van der Waals surface area contributed by atoms with Gasteiger partial charge in [0.2, 0.25) is 5.78 Å². The quantitative estimate of drug-likeness (QED) is 0.788. The molecule has 4 nitrogen and oxygen atoms in total. The summed E-state index contributed by atoms with van der Waals surface area (Å²) >= 11 is 0. The van der Waals surface area contributed by atoms with Crippen LogP contribution in [0.5, 0.6) is 0 Å². The van der Waals surface area contributed by atoms with Gasteiger partial charge >= 0.3 is 0 Å². The summed E-state index contributed by atoms with van der Waals surface area (Å²) in [5.41, 5.74) is 1.42. The topological polar surface area (TPSA) is 52.6 Å². The van der Waals surface area contributed by atoms with Crippen LogP contribution in [0.4, 0.5) is 0 Å². The van der Waals surface area contributed by atoms with Gasteiger partial charge in [-0.05, 0) is 32.5 Å². The zero-order valence-electron chi connectivity index (χ0n) is 14.0. The Morgan fingerprint density at radius 2 is 1.74 bits per heavy atom. The summed E-state index contributed by atoms with van der Waals surface area (Å²) in [6, 6.07) is 6.95. The molecule has 1 aromatic carbocycles. The van der Waals surface area contributed by atoms with Gasteiger partial charge < -0.3 is 9.16 Å². The molecule has 2 aliphatic rings. The van der Waals surface area contributed by atoms with E-state index in [0.29, 0.717) is 23.1 Å². The molecule has 0 amide bonds. The number of hydrogen-bond acceptors (Lipinski definition) is 4. The maximum absolute atomic E-state index is 12.7. The Hall–Kier alpha value is -1.72. The number of ether oxygens (including phenoxy) is 1. The summed E-state index contributed by atoms with van der Waals surface area (Å²) in [6.45, 7) is 8.34. The number of benzene rings is 1. The maximum atomic E-state index is 12.7. The summed E-state index contributed by atoms with van der Waals surface area (Å²) in [5.74, 6) is 0.0122. The molecule has 0 saturated heterocycles. The average molecular weight is 330 g/mol. The van der Waals surface area contributed by atoms with Crippen molar-refractivity contribution in [1.29, 1.82) is 0 Å². The normalized spacial score (nSPS) is 24.2. The van der Waals surface area contributed by atoms with E-state index in [0.717, 1.165) is 6.42 Å². The van der Waals surface area contributed by atoms with Gasteiger partial charge in [-0.3, -0.25) is 9.59 Å². The van der Waals surface area contributed by atoms with Crippen LogP contribution in [0, 0.1) is 5.92 Å². The van der Waals surface area contributed by atoms with Gasteiger partial charge in [0, 0.05) is 22.6 Å². The van der Waals surface area contributed by atoms with Crippen LogP contribution < -0.4 is 0 Å². The van der Waals surface area contributed by atoms with Gasteiger partial charge in [0.15, 0.2) is 26.1 Å². The Bertz CT molecular complexity index is 699. The van der Waals surface area contributed by atoms with E-state index < -0.39 is 14.6 Å². The van der Waals surface area contributed by atoms with Crippen molar-refractivity contribution in [3.63, 3.8) is 0 Å². The minimum absolute atomic E-state index is 0.0832. The highest BCUT2D eigenvalue weighted by Gasteiger charge is 2.42. The van der Waals surface area contributed by atoms with Crippen molar-refractivity contribution in [2.75, 3.05) is 0 Å². The zero-order valence-corrected chi connectivity index (χ0v) is 15.0. The predicted molar refractivity (Wildman–Crippen MR) is 89.8 cm³/mol. The van der Waals surface area contributed by atoms with E-state index in [4.69, 9.17) is 9.16 Å². The monoisotopic (exact) mass is 330 g/mol. The standard InChI is InChI=1S/C18H22O4Si/c1-5-11-10-14-15(19)12-8-6-7-9-13(12)16(20)17(14)21-18(11)22-23(2,3)4/h6-9,11,18H,5,10H2,1-4H3/t11-,18-/m1/s1. The fourth-order valence-corrected chi connectivity index (χ4v) is 4.03. The summed E-state index contributed by atoms with van der Waals surface area (Å²) in [7, 11) is -1.81. The van der Waals surface area contributed by atoms with Crippen LogP contribution in [-0.4, -0.2) is 26.2 Å². The first kappa shape index (κ1) is 16.1. The molecule has 23 heavy (non-hydrogen) atoms. The van der Waals surface area contributed by atoms with Gasteiger partial charge in [-0.2, -0.15) is 0 Å². The second kappa shape index (κ2) is 5.73. The molecule has 122 valence electrons. The Morgan fingerprint density at radius 1 is 1.13 bits per heavy atom. The molecule has 0 spiro atoms. The molecule has 0 N–H and O–H groups in total. The summed E-state index contributed by atoms with van der Waals surface area (Å²) in [6.07, 6.45) is 0.946. The van der Waals surface area contributed by atoms with Crippen LogP contribution in [0.15, 0.2) is 35.6 Å². The zero-order chi connectivity index (χ0) is 16.8. The van der Waals surface area contributed by atoms with E-state index in [-0.39, 0.29) is 23.2 Å². The number of carbonyl (C=O) groups excluding carboxylic acids is 2. The number of rotatable bonds is 3. The van der Waals surface area contributed by atoms with Gasteiger partial charge in [-0.25, -0.2) is 0 Å². The Kier molecular flexibility index (Phi) is 4.02. The van der Waals surface area contributed by atoms with Crippen LogP contribution in [0.2, 0.25) is 19.6 Å². The van der Waals surface area contributed by atoms with Crippen LogP contribution >= 0.6 is 0 Å². The van der Waals surface area contributed by atoms with Crippen molar-refractivity contribution in [1.82, 2.24) is 0 Å². The fraction of sp³-hybridized carbons (Fsp3) is 0.444. The Labute approximate surface area is 137 Å². The minimum Gasteiger partial charge on any atom is -0.461 e. The van der Waals surface area contributed by atoms with Gasteiger partial charge in [0.25, 0.3) is 0 Å². The van der Waals surface area contributed by atoms with Crippen LogP contribution in [0.25, 0.3) is 0 Å². The number of ketones is 2. The van der Waals surface area contributed by atoms with E-state index >= 15 is 0 Å². The highest BCUT2D eigenvalue weighted by molar-refractivity contribution is 6.69. The SMILES string of the molecule is CC[C@@H]1CC2=C(O[C@@H]1O[Si](C)(C)C)C(=O)c1ccccc1C2=O. The van der Waals surface area contributed by atoms with Gasteiger partial charge in [0.1, 0.15) is 0 Å². The molecule has 3 rings (SSSR count). The first-order valence-corrected chi connectivity index (χ1v) is 11.5. The highest BCUT2D eigenvalue weighted by atomic mass is 28.4. The van der Waals surface area contributed by atoms with E-state index in [9.17, 15) is 9.59 Å². The molecule has 0 unspecified atom stereocenters. The third-order valence-corrected chi connectivity index (χ3v) is 5.19. The van der Waals surface area contributed by atoms with E-state index in [1.807, 2.05) is 0 Å². The van der Waals surface area contributed by atoms with E-state index in [1.165, 1.54) is 0 Å². The van der Waals surface area contributed by atoms with Gasteiger partial charge in [-0.15, -0.1) is 0 Å². The Morgan fingerprint density at radius 3 is 2.30 bits per heavy atom. The number of fused-ring (bicyclic) bond motifs is 1.